The van der Waals surface area contributed by atoms with E-state index in [4.69, 9.17) is 5.73 Å². The first kappa shape index (κ1) is 20.8. The highest BCUT2D eigenvalue weighted by Crippen LogP contribution is 2.30. The van der Waals surface area contributed by atoms with E-state index in [1.807, 2.05) is 0 Å². The van der Waals surface area contributed by atoms with E-state index in [1.165, 1.54) is 6.07 Å². The third-order valence-corrected chi connectivity index (χ3v) is 6.36. The molecule has 0 atom stereocenters. The Bertz CT molecular complexity index is 1270. The minimum absolute atomic E-state index is 0.149. The number of fused-ring (bicyclic) bond motifs is 1. The van der Waals surface area contributed by atoms with Crippen LogP contribution in [0.4, 0.5) is 20.4 Å². The number of nitrogens with zero attached hydrogens (tertiary/aromatic N) is 5. The summed E-state index contributed by atoms with van der Waals surface area (Å²) in [6, 6.07) is 6.31. The third-order valence-electron chi connectivity index (χ3n) is 5.95. The van der Waals surface area contributed by atoms with Crippen LogP contribution >= 0.6 is 15.9 Å². The molecule has 9 heteroatoms. The lowest BCUT2D eigenvalue weighted by atomic mass is 9.90. The first-order chi connectivity index (χ1) is 15.5. The molecule has 1 aliphatic heterocycles. The first-order valence-electron chi connectivity index (χ1n) is 10.4. The molecule has 4 aromatic rings. The van der Waals surface area contributed by atoms with Crippen molar-refractivity contribution in [1.29, 1.82) is 0 Å². The number of pyridine rings is 1. The Balaban J connectivity index is 1.29. The zero-order chi connectivity index (χ0) is 22.2. The van der Waals surface area contributed by atoms with Crippen LogP contribution in [0, 0.1) is 11.6 Å². The van der Waals surface area contributed by atoms with Crippen LogP contribution < -0.4 is 10.6 Å². The van der Waals surface area contributed by atoms with Gasteiger partial charge in [-0.25, -0.2) is 18.7 Å². The van der Waals surface area contributed by atoms with Crippen LogP contribution in [0.1, 0.15) is 30.0 Å². The number of aromatic nitrogens is 4. The first-order valence-corrected chi connectivity index (χ1v) is 11.2. The number of piperidine rings is 1. The minimum atomic E-state index is -0.427. The normalized spacial score (nSPS) is 14.9. The molecule has 5 rings (SSSR count). The molecule has 6 nitrogen and oxygen atoms in total. The molecule has 0 radical (unpaired) electrons. The van der Waals surface area contributed by atoms with Crippen molar-refractivity contribution in [1.82, 2.24) is 19.5 Å². The van der Waals surface area contributed by atoms with Gasteiger partial charge in [0.2, 0.25) is 5.95 Å². The molecule has 1 saturated heterocycles. The average molecular weight is 499 g/mol. The molecule has 4 heterocycles. The van der Waals surface area contributed by atoms with Gasteiger partial charge in [-0.05, 0) is 64.5 Å². The number of anilines is 2. The van der Waals surface area contributed by atoms with Gasteiger partial charge in [0, 0.05) is 49.0 Å². The van der Waals surface area contributed by atoms with Crippen molar-refractivity contribution in [3.8, 4) is 0 Å². The van der Waals surface area contributed by atoms with Crippen LogP contribution in [-0.4, -0.2) is 32.6 Å². The molecule has 0 bridgehead atoms. The molecule has 32 heavy (non-hydrogen) atoms. The predicted octanol–water partition coefficient (Wildman–Crippen LogP) is 4.88. The van der Waals surface area contributed by atoms with Crippen molar-refractivity contribution < 1.29 is 8.78 Å². The summed E-state index contributed by atoms with van der Waals surface area (Å²) in [5.74, 6) is 0.132. The van der Waals surface area contributed by atoms with Crippen molar-refractivity contribution in [2.24, 2.45) is 0 Å². The zero-order valence-corrected chi connectivity index (χ0v) is 18.8. The fourth-order valence-corrected chi connectivity index (χ4v) is 4.52. The Hall–Kier alpha value is -3.07. The number of hydrogen-bond donors (Lipinski definition) is 1. The molecule has 0 amide bonds. The monoisotopic (exact) mass is 498 g/mol. The summed E-state index contributed by atoms with van der Waals surface area (Å²) in [5, 5.41) is 0.682. The van der Waals surface area contributed by atoms with E-state index >= 15 is 0 Å². The fraction of sp³-hybridized carbons (Fsp3) is 0.261. The Kier molecular flexibility index (Phi) is 5.50. The number of rotatable bonds is 4. The number of benzene rings is 1. The van der Waals surface area contributed by atoms with Gasteiger partial charge in [-0.3, -0.25) is 4.98 Å². The van der Waals surface area contributed by atoms with E-state index < -0.39 is 5.82 Å². The van der Waals surface area contributed by atoms with Crippen LogP contribution in [0.2, 0.25) is 0 Å². The fourth-order valence-electron chi connectivity index (χ4n) is 4.31. The SMILES string of the molecule is Nc1cc(F)c2c(ccn2Cc2ncc(C3CCN(c4ncc(Br)cn4)CC3)cc2F)c1. The van der Waals surface area contributed by atoms with Gasteiger partial charge in [0.1, 0.15) is 11.6 Å². The Morgan fingerprint density at radius 3 is 2.47 bits per heavy atom. The van der Waals surface area contributed by atoms with Gasteiger partial charge in [-0.15, -0.1) is 0 Å². The van der Waals surface area contributed by atoms with Crippen LogP contribution in [0.3, 0.4) is 0 Å². The molecule has 1 fully saturated rings. The molecule has 1 aromatic carbocycles. The highest BCUT2D eigenvalue weighted by atomic mass is 79.9. The van der Waals surface area contributed by atoms with Gasteiger partial charge in [0.15, 0.2) is 0 Å². The lowest BCUT2D eigenvalue weighted by molar-refractivity contribution is 0.492. The van der Waals surface area contributed by atoms with Gasteiger partial charge >= 0.3 is 0 Å². The minimum Gasteiger partial charge on any atom is -0.399 e. The smallest absolute Gasteiger partial charge is 0.225 e. The van der Waals surface area contributed by atoms with Crippen molar-refractivity contribution in [3.05, 3.63) is 76.4 Å². The summed E-state index contributed by atoms with van der Waals surface area (Å²) in [6.07, 6.45) is 8.68. The molecule has 0 unspecified atom stereocenters. The van der Waals surface area contributed by atoms with E-state index in [9.17, 15) is 8.78 Å². The van der Waals surface area contributed by atoms with Crippen molar-refractivity contribution in [2.45, 2.75) is 25.3 Å². The molecular formula is C23H21BrF2N6. The Morgan fingerprint density at radius 1 is 1.00 bits per heavy atom. The summed E-state index contributed by atoms with van der Waals surface area (Å²) >= 11 is 3.35. The van der Waals surface area contributed by atoms with E-state index in [1.54, 1.807) is 47.6 Å². The second kappa shape index (κ2) is 8.46. The van der Waals surface area contributed by atoms with E-state index in [2.05, 4.69) is 35.8 Å². The number of nitrogen functional groups attached to an aromatic ring is 1. The largest absolute Gasteiger partial charge is 0.399 e. The summed E-state index contributed by atoms with van der Waals surface area (Å²) < 4.78 is 31.8. The third kappa shape index (κ3) is 4.04. The molecule has 0 spiro atoms. The van der Waals surface area contributed by atoms with E-state index in [0.717, 1.165) is 36.0 Å². The molecule has 0 saturated carbocycles. The van der Waals surface area contributed by atoms with Crippen LogP contribution in [0.15, 0.2) is 53.5 Å². The number of hydrogen-bond acceptors (Lipinski definition) is 5. The average Bonchev–Trinajstić information content (AvgIpc) is 3.18. The molecular weight excluding hydrogens is 478 g/mol. The molecule has 164 valence electrons. The standard InChI is InChI=1S/C23H21BrF2N6/c24-17-11-29-23(30-12-17)31-4-1-14(2-5-31)16-8-19(25)21(28-10-16)13-32-6-3-15-7-18(27)9-20(26)22(15)32/h3,6-12,14H,1-2,4-5,13,27H2. The summed E-state index contributed by atoms with van der Waals surface area (Å²) in [7, 11) is 0. The van der Waals surface area contributed by atoms with Gasteiger partial charge in [0.25, 0.3) is 0 Å². The van der Waals surface area contributed by atoms with Crippen LogP contribution in [0.25, 0.3) is 10.9 Å². The summed E-state index contributed by atoms with van der Waals surface area (Å²) in [6.45, 7) is 1.75. The van der Waals surface area contributed by atoms with Crippen LogP contribution in [-0.2, 0) is 6.54 Å². The highest BCUT2D eigenvalue weighted by Gasteiger charge is 2.23. The maximum atomic E-state index is 14.9. The highest BCUT2D eigenvalue weighted by molar-refractivity contribution is 9.10. The maximum Gasteiger partial charge on any atom is 0.225 e. The van der Waals surface area contributed by atoms with Gasteiger partial charge in [-0.2, -0.15) is 0 Å². The maximum absolute atomic E-state index is 14.9. The topological polar surface area (TPSA) is 72.9 Å². The lowest BCUT2D eigenvalue weighted by Crippen LogP contribution is -2.34. The Morgan fingerprint density at radius 2 is 1.75 bits per heavy atom. The molecule has 1 aliphatic rings. The van der Waals surface area contributed by atoms with Crippen molar-refractivity contribution >= 4 is 38.5 Å². The second-order valence-corrected chi connectivity index (χ2v) is 8.96. The zero-order valence-electron chi connectivity index (χ0n) is 17.2. The summed E-state index contributed by atoms with van der Waals surface area (Å²) in [4.78, 5) is 15.2. The van der Waals surface area contributed by atoms with Crippen molar-refractivity contribution in [2.75, 3.05) is 23.7 Å². The van der Waals surface area contributed by atoms with E-state index in [-0.39, 0.29) is 24.0 Å². The molecule has 0 aliphatic carbocycles. The quantitative estimate of drug-likeness (QED) is 0.406. The number of nitrogens with two attached hydrogens (primary N) is 1. The van der Waals surface area contributed by atoms with Gasteiger partial charge in [0.05, 0.1) is 22.2 Å². The van der Waals surface area contributed by atoms with Crippen molar-refractivity contribution in [3.63, 3.8) is 0 Å². The predicted molar refractivity (Wildman–Crippen MR) is 124 cm³/mol. The van der Waals surface area contributed by atoms with Crippen LogP contribution in [0.5, 0.6) is 0 Å². The lowest BCUT2D eigenvalue weighted by Gasteiger charge is -2.32. The molecule has 2 N–H and O–H groups in total. The van der Waals surface area contributed by atoms with Gasteiger partial charge < -0.3 is 15.2 Å². The van der Waals surface area contributed by atoms with Gasteiger partial charge in [-0.1, -0.05) is 0 Å². The second-order valence-electron chi connectivity index (χ2n) is 8.04. The Labute approximate surface area is 192 Å². The number of halogens is 3. The summed E-state index contributed by atoms with van der Waals surface area (Å²) in [5.41, 5.74) is 7.64. The molecule has 3 aromatic heterocycles. The van der Waals surface area contributed by atoms with E-state index in [0.29, 0.717) is 22.5 Å².